The predicted octanol–water partition coefficient (Wildman–Crippen LogP) is -0.946. The second-order valence-electron chi connectivity index (χ2n) is 8.55. The van der Waals surface area contributed by atoms with Gasteiger partial charge in [-0.1, -0.05) is 29.8 Å². The number of aliphatic hydroxyl groups is 3. The lowest BCUT2D eigenvalue weighted by Gasteiger charge is -2.16. The molecule has 222 valence electrons. The van der Waals surface area contributed by atoms with E-state index in [-0.39, 0.29) is 30.7 Å². The number of rotatable bonds is 10. The number of carboxylic acids is 2. The third-order valence-corrected chi connectivity index (χ3v) is 5.83. The van der Waals surface area contributed by atoms with Crippen LogP contribution in [0.15, 0.2) is 48.0 Å². The van der Waals surface area contributed by atoms with Gasteiger partial charge in [0.05, 0.1) is 13.0 Å². The van der Waals surface area contributed by atoms with Crippen LogP contribution in [0.3, 0.4) is 0 Å². The van der Waals surface area contributed by atoms with E-state index in [2.05, 4.69) is 16.5 Å². The van der Waals surface area contributed by atoms with Gasteiger partial charge >= 0.3 is 17.6 Å². The Labute approximate surface area is 234 Å². The van der Waals surface area contributed by atoms with E-state index >= 15 is 0 Å². The van der Waals surface area contributed by atoms with Crippen molar-refractivity contribution >= 4 is 29.5 Å². The van der Waals surface area contributed by atoms with Gasteiger partial charge in [0.15, 0.2) is 6.23 Å². The number of anilines is 1. The summed E-state index contributed by atoms with van der Waals surface area (Å²) < 4.78 is 6.04. The number of carbonyl (C=O) groups is 2. The minimum atomic E-state index is -1.35. The van der Waals surface area contributed by atoms with Crippen molar-refractivity contribution in [3.8, 4) is 0 Å². The molecule has 15 nitrogen and oxygen atoms in total. The summed E-state index contributed by atoms with van der Waals surface area (Å²) in [6.07, 6.45) is -1.49. The zero-order valence-electron chi connectivity index (χ0n) is 21.5. The third kappa shape index (κ3) is 11.4. The molecule has 1 aliphatic heterocycles. The van der Waals surface area contributed by atoms with E-state index in [1.165, 1.54) is 0 Å². The van der Waals surface area contributed by atoms with Gasteiger partial charge in [-0.25, -0.2) is 9.78 Å². The van der Waals surface area contributed by atoms with Crippen LogP contribution in [0.25, 0.3) is 0 Å². The molecule has 11 N–H and O–H groups in total. The van der Waals surface area contributed by atoms with Gasteiger partial charge in [-0.3, -0.25) is 14.2 Å². The molecule has 1 fully saturated rings. The Morgan fingerprint density at radius 1 is 1.18 bits per heavy atom. The van der Waals surface area contributed by atoms with Gasteiger partial charge in [0, 0.05) is 23.4 Å². The average Bonchev–Trinajstić information content (AvgIpc) is 3.20. The Kier molecular flexibility index (Phi) is 15.0. The number of nitrogens with zero attached hydrogens (tertiary/aromatic N) is 3. The zero-order chi connectivity index (χ0) is 30.4. The van der Waals surface area contributed by atoms with E-state index in [0.717, 1.165) is 16.5 Å². The molecule has 0 amide bonds. The first-order valence-electron chi connectivity index (χ1n) is 11.9. The van der Waals surface area contributed by atoms with Crippen molar-refractivity contribution in [3.63, 3.8) is 0 Å². The molecule has 3 rings (SSSR count). The molecular weight excluding hydrogens is 552 g/mol. The average molecular weight is 587 g/mol. The van der Waals surface area contributed by atoms with Gasteiger partial charge in [-0.05, 0) is 30.7 Å². The second-order valence-corrected chi connectivity index (χ2v) is 8.98. The van der Waals surface area contributed by atoms with Crippen LogP contribution in [-0.2, 0) is 14.3 Å². The first-order chi connectivity index (χ1) is 18.8. The van der Waals surface area contributed by atoms with Gasteiger partial charge in [0.25, 0.3) is 0 Å². The molecule has 0 radical (unpaired) electrons. The number of nitrogens with two attached hydrogens (primary N) is 3. The molecule has 1 aliphatic rings. The number of ether oxygens (including phenoxy) is 1. The molecule has 0 spiro atoms. The predicted molar refractivity (Wildman–Crippen MR) is 144 cm³/mol. The summed E-state index contributed by atoms with van der Waals surface area (Å²) in [4.78, 5) is 38.9. The summed E-state index contributed by atoms with van der Waals surface area (Å²) in [6.45, 7) is 3.28. The van der Waals surface area contributed by atoms with Crippen molar-refractivity contribution in [2.24, 2.45) is 11.5 Å². The number of hydrogen-bond acceptors (Lipinski definition) is 12. The second kappa shape index (κ2) is 17.3. The van der Waals surface area contributed by atoms with Crippen molar-refractivity contribution in [1.82, 2.24) is 14.5 Å². The summed E-state index contributed by atoms with van der Waals surface area (Å²) >= 11 is 5.72. The quantitative estimate of drug-likeness (QED) is 0.156. The van der Waals surface area contributed by atoms with Crippen molar-refractivity contribution in [2.45, 2.75) is 55.8 Å². The van der Waals surface area contributed by atoms with Crippen molar-refractivity contribution < 1.29 is 39.9 Å². The number of benzene rings is 1. The normalized spacial score (nSPS) is 21.1. The summed E-state index contributed by atoms with van der Waals surface area (Å²) in [5, 5.41) is 45.5. The fraction of sp³-hybridized carbons (Fsp3) is 0.458. The monoisotopic (exact) mass is 586 g/mol. The van der Waals surface area contributed by atoms with E-state index in [4.69, 9.17) is 48.9 Å². The van der Waals surface area contributed by atoms with Gasteiger partial charge in [0.1, 0.15) is 24.6 Å². The van der Waals surface area contributed by atoms with Gasteiger partial charge < -0.3 is 47.5 Å². The van der Waals surface area contributed by atoms with Crippen LogP contribution in [-0.4, -0.2) is 89.5 Å². The molecule has 1 aromatic heterocycles. The molecule has 0 bridgehead atoms. The number of carboxylic acid groups (broad SMARTS) is 2. The highest BCUT2D eigenvalue weighted by molar-refractivity contribution is 6.30. The fourth-order valence-electron chi connectivity index (χ4n) is 3.33. The van der Waals surface area contributed by atoms with E-state index in [1.54, 1.807) is 18.2 Å². The number of aromatic nitrogens is 3. The SMILES string of the molecule is C=CC(N)CCC(=O)O.NCC(CC(=O)O)c1ccc(Cl)cc1.Nc1ncn([C@@H]2O[C@H](CO)[C@@H](O)[C@H]2O)c(=O)n1. The molecule has 0 aliphatic carbocycles. The largest absolute Gasteiger partial charge is 0.481 e. The van der Waals surface area contributed by atoms with Crippen LogP contribution in [0.5, 0.6) is 0 Å². The lowest BCUT2D eigenvalue weighted by molar-refractivity contribution is -0.138. The number of aliphatic carboxylic acids is 2. The van der Waals surface area contributed by atoms with Crippen molar-refractivity contribution in [3.05, 3.63) is 64.3 Å². The van der Waals surface area contributed by atoms with Crippen LogP contribution < -0.4 is 22.9 Å². The maximum absolute atomic E-state index is 11.5. The molecule has 2 unspecified atom stereocenters. The zero-order valence-corrected chi connectivity index (χ0v) is 22.2. The van der Waals surface area contributed by atoms with E-state index in [0.29, 0.717) is 18.0 Å². The minimum Gasteiger partial charge on any atom is -0.481 e. The van der Waals surface area contributed by atoms with E-state index < -0.39 is 48.8 Å². The van der Waals surface area contributed by atoms with E-state index in [9.17, 15) is 24.6 Å². The molecule has 1 aromatic carbocycles. The summed E-state index contributed by atoms with van der Waals surface area (Å²) in [7, 11) is 0. The molecule has 40 heavy (non-hydrogen) atoms. The molecule has 16 heteroatoms. The summed E-state index contributed by atoms with van der Waals surface area (Å²) in [5.41, 5.74) is 16.2. The molecule has 1 saturated heterocycles. The van der Waals surface area contributed by atoms with Crippen LogP contribution in [0.2, 0.25) is 5.02 Å². The van der Waals surface area contributed by atoms with Gasteiger partial charge in [0.2, 0.25) is 5.95 Å². The smallest absolute Gasteiger partial charge is 0.354 e. The van der Waals surface area contributed by atoms with Gasteiger partial charge in [-0.2, -0.15) is 4.98 Å². The highest BCUT2D eigenvalue weighted by Crippen LogP contribution is 2.27. The maximum atomic E-state index is 11.5. The highest BCUT2D eigenvalue weighted by atomic mass is 35.5. The van der Waals surface area contributed by atoms with Crippen LogP contribution in [0.1, 0.15) is 37.0 Å². The molecule has 2 aromatic rings. The molecule has 0 saturated carbocycles. The Balaban J connectivity index is 0.000000316. The third-order valence-electron chi connectivity index (χ3n) is 5.58. The van der Waals surface area contributed by atoms with Crippen molar-refractivity contribution in [2.75, 3.05) is 18.9 Å². The maximum Gasteiger partial charge on any atom is 0.354 e. The summed E-state index contributed by atoms with van der Waals surface area (Å²) in [6, 6.07) is 6.91. The van der Waals surface area contributed by atoms with Gasteiger partial charge in [-0.15, -0.1) is 6.58 Å². The number of nitrogen functional groups attached to an aromatic ring is 1. The van der Waals surface area contributed by atoms with Crippen molar-refractivity contribution in [1.29, 1.82) is 0 Å². The number of aliphatic hydroxyl groups excluding tert-OH is 3. The first-order valence-corrected chi connectivity index (χ1v) is 12.3. The molecular formula is C24H35ClN6O9. The fourth-order valence-corrected chi connectivity index (χ4v) is 3.46. The lowest BCUT2D eigenvalue weighted by Crippen LogP contribution is -2.36. The lowest BCUT2D eigenvalue weighted by atomic mass is 9.96. The Bertz CT molecular complexity index is 1150. The van der Waals surface area contributed by atoms with Crippen LogP contribution in [0.4, 0.5) is 5.95 Å². The standard InChI is InChI=1S/C10H12ClNO2.C8H12N4O5.C6H11NO2/c11-9-3-1-7(2-4-9)8(6-12)5-10(13)14;9-7-10-2-12(8(16)11-7)6-5(15)4(14)3(1-13)17-6;1-2-5(7)3-4-6(8)9/h1-4,8H,5-6,12H2,(H,13,14);2-6,13-15H,1H2,(H2,9,11,16);2,5H,1,3-4,7H2,(H,8,9)/t;3-,4-,5-,6-;/m.1./s1. The number of hydrogen-bond donors (Lipinski definition) is 8. The molecule has 2 heterocycles. The minimum absolute atomic E-state index is 0.0537. The topological polar surface area (TPSA) is 270 Å². The summed E-state index contributed by atoms with van der Waals surface area (Å²) in [5.74, 6) is -1.98. The van der Waals surface area contributed by atoms with Crippen LogP contribution >= 0.6 is 11.6 Å². The van der Waals surface area contributed by atoms with E-state index in [1.807, 2.05) is 12.1 Å². The molecule has 6 atom stereocenters. The Morgan fingerprint density at radius 2 is 1.80 bits per heavy atom. The number of halogens is 1. The Hall–Kier alpha value is -3.44. The first kappa shape index (κ1) is 34.6. The Morgan fingerprint density at radius 3 is 2.25 bits per heavy atom. The highest BCUT2D eigenvalue weighted by Gasteiger charge is 2.43. The van der Waals surface area contributed by atoms with Crippen LogP contribution in [0, 0.1) is 0 Å².